The summed E-state index contributed by atoms with van der Waals surface area (Å²) in [5, 5.41) is 5.50. The molecule has 1 aromatic heterocycles. The van der Waals surface area contributed by atoms with Crippen LogP contribution in [0, 0.1) is 5.82 Å². The number of nitrogen functional groups attached to an aromatic ring is 1. The number of carbonyl (C=O) groups excluding carboxylic acids is 1. The van der Waals surface area contributed by atoms with Crippen LogP contribution in [0.5, 0.6) is 0 Å². The maximum absolute atomic E-state index is 13.5. The fraction of sp³-hybridized carbons (Fsp3) is 0.154. The van der Waals surface area contributed by atoms with Gasteiger partial charge in [-0.2, -0.15) is 4.98 Å². The molecule has 1 amide bonds. The van der Waals surface area contributed by atoms with E-state index in [1.165, 1.54) is 0 Å². The van der Waals surface area contributed by atoms with Crippen molar-refractivity contribution in [3.05, 3.63) is 36.3 Å². The number of hydrogen-bond acceptors (Lipinski definition) is 5. The molecule has 0 saturated heterocycles. The summed E-state index contributed by atoms with van der Waals surface area (Å²) in [5.74, 6) is -0.748. The Morgan fingerprint density at radius 1 is 1.40 bits per heavy atom. The molecular formula is C13H14FN5O. The number of benzene rings is 1. The van der Waals surface area contributed by atoms with Crippen molar-refractivity contribution in [3.8, 4) is 0 Å². The molecule has 104 valence electrons. The molecular weight excluding hydrogens is 261 g/mol. The van der Waals surface area contributed by atoms with Gasteiger partial charge < -0.3 is 16.4 Å². The van der Waals surface area contributed by atoms with Crippen LogP contribution >= 0.6 is 0 Å². The molecule has 0 unspecified atom stereocenters. The van der Waals surface area contributed by atoms with Gasteiger partial charge in [-0.25, -0.2) is 9.37 Å². The van der Waals surface area contributed by atoms with E-state index in [0.29, 0.717) is 17.8 Å². The van der Waals surface area contributed by atoms with Gasteiger partial charge in [-0.1, -0.05) is 13.0 Å². The van der Waals surface area contributed by atoms with Crippen molar-refractivity contribution in [2.75, 3.05) is 16.4 Å². The zero-order valence-corrected chi connectivity index (χ0v) is 10.9. The summed E-state index contributed by atoms with van der Waals surface area (Å²) in [5.41, 5.74) is 6.60. The molecule has 0 spiro atoms. The zero-order valence-electron chi connectivity index (χ0n) is 10.9. The van der Waals surface area contributed by atoms with Gasteiger partial charge >= 0.3 is 0 Å². The van der Waals surface area contributed by atoms with Crippen LogP contribution in [0.15, 0.2) is 30.5 Å². The smallest absolute Gasteiger partial charge is 0.224 e. The number of halogens is 1. The molecule has 1 heterocycles. The molecule has 0 atom stereocenters. The largest absolute Gasteiger partial charge is 0.368 e. The number of nitrogens with one attached hydrogen (secondary N) is 2. The van der Waals surface area contributed by atoms with Gasteiger partial charge in [-0.15, -0.1) is 0 Å². The van der Waals surface area contributed by atoms with E-state index >= 15 is 0 Å². The first-order chi connectivity index (χ1) is 9.58. The molecule has 20 heavy (non-hydrogen) atoms. The molecule has 7 heteroatoms. The summed E-state index contributed by atoms with van der Waals surface area (Å²) in [6.45, 7) is 1.76. The Labute approximate surface area is 115 Å². The molecule has 0 aliphatic rings. The van der Waals surface area contributed by atoms with E-state index in [-0.39, 0.29) is 17.7 Å². The molecule has 0 bridgehead atoms. The van der Waals surface area contributed by atoms with Crippen LogP contribution in [-0.2, 0) is 4.79 Å². The minimum Gasteiger partial charge on any atom is -0.368 e. The highest BCUT2D eigenvalue weighted by atomic mass is 19.1. The van der Waals surface area contributed by atoms with Crippen molar-refractivity contribution in [2.24, 2.45) is 0 Å². The molecule has 0 fully saturated rings. The van der Waals surface area contributed by atoms with E-state index in [1.807, 2.05) is 0 Å². The first-order valence-electron chi connectivity index (χ1n) is 6.03. The number of carbonyl (C=O) groups is 1. The highest BCUT2D eigenvalue weighted by Gasteiger charge is 2.06. The number of rotatable bonds is 4. The lowest BCUT2D eigenvalue weighted by atomic mass is 10.2. The minimum absolute atomic E-state index is 0.0172. The minimum atomic E-state index is -0.609. The second-order valence-electron chi connectivity index (χ2n) is 4.03. The van der Waals surface area contributed by atoms with Gasteiger partial charge in [0.05, 0.1) is 6.20 Å². The van der Waals surface area contributed by atoms with E-state index in [9.17, 15) is 9.18 Å². The predicted octanol–water partition coefficient (Wildman–Crippen LogP) is 2.29. The van der Waals surface area contributed by atoms with E-state index < -0.39 is 5.82 Å². The second kappa shape index (κ2) is 5.96. The summed E-state index contributed by atoms with van der Waals surface area (Å²) in [4.78, 5) is 18.6. The Morgan fingerprint density at radius 2 is 2.15 bits per heavy atom. The average Bonchev–Trinajstić information content (AvgIpc) is 2.43. The fourth-order valence-electron chi connectivity index (χ4n) is 1.53. The number of aromatic nitrogens is 2. The molecule has 0 aliphatic carbocycles. The van der Waals surface area contributed by atoms with Crippen LogP contribution in [0.1, 0.15) is 13.3 Å². The first kappa shape index (κ1) is 13.7. The lowest BCUT2D eigenvalue weighted by Crippen LogP contribution is -2.09. The van der Waals surface area contributed by atoms with E-state index in [1.54, 1.807) is 31.2 Å². The summed E-state index contributed by atoms with van der Waals surface area (Å²) < 4.78 is 13.5. The van der Waals surface area contributed by atoms with Gasteiger partial charge in [0.15, 0.2) is 11.6 Å². The maximum atomic E-state index is 13.5. The van der Waals surface area contributed by atoms with Gasteiger partial charge in [0.1, 0.15) is 0 Å². The maximum Gasteiger partial charge on any atom is 0.224 e. The normalized spacial score (nSPS) is 10.1. The van der Waals surface area contributed by atoms with Crippen molar-refractivity contribution < 1.29 is 9.18 Å². The second-order valence-corrected chi connectivity index (χ2v) is 4.03. The van der Waals surface area contributed by atoms with Crippen LogP contribution in [0.2, 0.25) is 0 Å². The van der Waals surface area contributed by atoms with Crippen molar-refractivity contribution in [3.63, 3.8) is 0 Å². The number of nitrogens with zero attached hydrogens (tertiary/aromatic N) is 2. The Kier molecular flexibility index (Phi) is 4.09. The van der Waals surface area contributed by atoms with E-state index in [2.05, 4.69) is 20.6 Å². The van der Waals surface area contributed by atoms with Gasteiger partial charge in [-0.05, 0) is 18.2 Å². The topological polar surface area (TPSA) is 92.9 Å². The van der Waals surface area contributed by atoms with Gasteiger partial charge in [0.2, 0.25) is 11.9 Å². The highest BCUT2D eigenvalue weighted by Crippen LogP contribution is 2.21. The molecule has 0 radical (unpaired) electrons. The van der Waals surface area contributed by atoms with Gasteiger partial charge in [0, 0.05) is 17.8 Å². The Bertz CT molecular complexity index is 632. The van der Waals surface area contributed by atoms with Crippen molar-refractivity contribution in [1.29, 1.82) is 0 Å². The predicted molar refractivity (Wildman–Crippen MR) is 75.0 cm³/mol. The molecule has 2 aromatic rings. The average molecular weight is 275 g/mol. The number of nitrogens with two attached hydrogens (primary N) is 1. The zero-order chi connectivity index (χ0) is 14.5. The van der Waals surface area contributed by atoms with Crippen LogP contribution in [0.25, 0.3) is 0 Å². The van der Waals surface area contributed by atoms with Crippen LogP contribution in [0.3, 0.4) is 0 Å². The molecule has 1 aromatic carbocycles. The van der Waals surface area contributed by atoms with Crippen molar-refractivity contribution in [1.82, 2.24) is 9.97 Å². The van der Waals surface area contributed by atoms with Gasteiger partial charge in [0.25, 0.3) is 0 Å². The molecule has 0 saturated carbocycles. The molecule has 2 rings (SSSR count). The van der Waals surface area contributed by atoms with Gasteiger partial charge in [-0.3, -0.25) is 4.79 Å². The Hall–Kier alpha value is -2.70. The summed E-state index contributed by atoms with van der Waals surface area (Å²) in [6, 6.07) is 6.87. The number of hydrogen-bond donors (Lipinski definition) is 3. The summed E-state index contributed by atoms with van der Waals surface area (Å²) >= 11 is 0. The number of anilines is 4. The Morgan fingerprint density at radius 3 is 2.90 bits per heavy atom. The van der Waals surface area contributed by atoms with Crippen molar-refractivity contribution in [2.45, 2.75) is 13.3 Å². The third-order valence-electron chi connectivity index (χ3n) is 2.49. The van der Waals surface area contributed by atoms with Crippen LogP contribution in [0.4, 0.5) is 27.5 Å². The third kappa shape index (κ3) is 3.41. The van der Waals surface area contributed by atoms with Crippen molar-refractivity contribution >= 4 is 29.0 Å². The SMILES string of the molecule is CCC(=O)Nc1cccc(Nc2nc(N)ncc2F)c1. The lowest BCUT2D eigenvalue weighted by Gasteiger charge is -2.09. The highest BCUT2D eigenvalue weighted by molar-refractivity contribution is 5.91. The quantitative estimate of drug-likeness (QED) is 0.796. The molecule has 6 nitrogen and oxygen atoms in total. The summed E-state index contributed by atoms with van der Waals surface area (Å²) in [6.07, 6.45) is 1.38. The molecule has 0 aliphatic heterocycles. The Balaban J connectivity index is 2.19. The monoisotopic (exact) mass is 275 g/mol. The first-order valence-corrected chi connectivity index (χ1v) is 6.03. The summed E-state index contributed by atoms with van der Waals surface area (Å²) in [7, 11) is 0. The van der Waals surface area contributed by atoms with Crippen LogP contribution < -0.4 is 16.4 Å². The third-order valence-corrected chi connectivity index (χ3v) is 2.49. The lowest BCUT2D eigenvalue weighted by molar-refractivity contribution is -0.115. The fourth-order valence-corrected chi connectivity index (χ4v) is 1.53. The van der Waals surface area contributed by atoms with E-state index in [0.717, 1.165) is 6.20 Å². The van der Waals surface area contributed by atoms with Crippen LogP contribution in [-0.4, -0.2) is 15.9 Å². The standard InChI is InChI=1S/C13H14FN5O/c1-2-11(20)17-8-4-3-5-9(6-8)18-12-10(14)7-16-13(15)19-12/h3-7H,2H2,1H3,(H,17,20)(H3,15,16,18,19). The van der Waals surface area contributed by atoms with E-state index in [4.69, 9.17) is 5.73 Å². The number of amides is 1. The molecule has 4 N–H and O–H groups in total.